The van der Waals surface area contributed by atoms with Crippen molar-refractivity contribution in [1.29, 1.82) is 0 Å². The average molecular weight is 193 g/mol. The van der Waals surface area contributed by atoms with Gasteiger partial charge in [0.05, 0.1) is 13.5 Å². The van der Waals surface area contributed by atoms with Gasteiger partial charge in [0, 0.05) is 6.04 Å². The van der Waals surface area contributed by atoms with Crippen molar-refractivity contribution in [1.82, 2.24) is 0 Å². The van der Waals surface area contributed by atoms with E-state index in [0.717, 1.165) is 11.1 Å². The molecule has 14 heavy (non-hydrogen) atoms. The fourth-order valence-electron chi connectivity index (χ4n) is 1.37. The predicted octanol–water partition coefficient (Wildman–Crippen LogP) is 1.42. The first kappa shape index (κ1) is 10.7. The summed E-state index contributed by atoms with van der Waals surface area (Å²) in [5.41, 5.74) is 7.72. The minimum absolute atomic E-state index is 0.0594. The van der Waals surface area contributed by atoms with Crippen LogP contribution in [-0.4, -0.2) is 13.1 Å². The van der Waals surface area contributed by atoms with Crippen molar-refractivity contribution in [3.8, 4) is 0 Å². The van der Waals surface area contributed by atoms with E-state index in [1.165, 1.54) is 7.11 Å². The van der Waals surface area contributed by atoms with Crippen LogP contribution in [0.25, 0.3) is 0 Å². The molecule has 0 bridgehead atoms. The summed E-state index contributed by atoms with van der Waals surface area (Å²) in [5, 5.41) is 0. The normalized spacial score (nSPS) is 12.2. The van der Waals surface area contributed by atoms with Crippen LogP contribution in [0.2, 0.25) is 0 Å². The number of nitrogens with two attached hydrogens (primary N) is 1. The average Bonchev–Trinajstić information content (AvgIpc) is 2.18. The number of rotatable bonds is 3. The minimum Gasteiger partial charge on any atom is -0.469 e. The van der Waals surface area contributed by atoms with E-state index in [-0.39, 0.29) is 18.4 Å². The highest BCUT2D eigenvalue weighted by Gasteiger charge is 2.09. The molecule has 1 unspecified atom stereocenters. The first-order chi connectivity index (χ1) is 6.65. The zero-order valence-corrected chi connectivity index (χ0v) is 8.49. The van der Waals surface area contributed by atoms with E-state index in [4.69, 9.17) is 5.73 Å². The van der Waals surface area contributed by atoms with Crippen molar-refractivity contribution in [3.63, 3.8) is 0 Å². The fourth-order valence-corrected chi connectivity index (χ4v) is 1.37. The minimum atomic E-state index is -0.238. The van der Waals surface area contributed by atoms with Crippen LogP contribution in [0, 0.1) is 0 Å². The molecule has 1 aromatic carbocycles. The summed E-state index contributed by atoms with van der Waals surface area (Å²) in [7, 11) is 1.39. The number of benzene rings is 1. The van der Waals surface area contributed by atoms with E-state index in [2.05, 4.69) is 4.74 Å². The molecule has 0 saturated heterocycles. The van der Waals surface area contributed by atoms with Crippen LogP contribution < -0.4 is 5.73 Å². The Hall–Kier alpha value is -1.35. The van der Waals surface area contributed by atoms with E-state index in [1.54, 1.807) is 0 Å². The van der Waals surface area contributed by atoms with Crippen molar-refractivity contribution >= 4 is 5.97 Å². The van der Waals surface area contributed by atoms with E-state index < -0.39 is 0 Å². The highest BCUT2D eigenvalue weighted by Crippen LogP contribution is 2.16. The summed E-state index contributed by atoms with van der Waals surface area (Å²) in [6, 6.07) is 7.58. The molecule has 0 spiro atoms. The fraction of sp³-hybridized carbons (Fsp3) is 0.364. The van der Waals surface area contributed by atoms with E-state index in [1.807, 2.05) is 31.2 Å². The van der Waals surface area contributed by atoms with E-state index in [0.29, 0.717) is 0 Å². The van der Waals surface area contributed by atoms with Crippen LogP contribution in [0.4, 0.5) is 0 Å². The summed E-state index contributed by atoms with van der Waals surface area (Å²) in [4.78, 5) is 11.1. The Balaban J connectivity index is 2.90. The van der Waals surface area contributed by atoms with E-state index >= 15 is 0 Å². The van der Waals surface area contributed by atoms with Gasteiger partial charge in [-0.3, -0.25) is 4.79 Å². The van der Waals surface area contributed by atoms with Crippen molar-refractivity contribution in [2.45, 2.75) is 19.4 Å². The number of hydrogen-bond donors (Lipinski definition) is 1. The molecule has 1 aromatic rings. The number of methoxy groups -OCH3 is 1. The molecular weight excluding hydrogens is 178 g/mol. The quantitative estimate of drug-likeness (QED) is 0.739. The van der Waals surface area contributed by atoms with Gasteiger partial charge in [-0.05, 0) is 18.1 Å². The van der Waals surface area contributed by atoms with Gasteiger partial charge in [-0.25, -0.2) is 0 Å². The molecule has 0 radical (unpaired) electrons. The third-order valence-electron chi connectivity index (χ3n) is 2.11. The first-order valence-electron chi connectivity index (χ1n) is 4.55. The van der Waals surface area contributed by atoms with Gasteiger partial charge in [-0.1, -0.05) is 24.3 Å². The van der Waals surface area contributed by atoms with Crippen LogP contribution in [0.1, 0.15) is 24.1 Å². The monoisotopic (exact) mass is 193 g/mol. The smallest absolute Gasteiger partial charge is 0.309 e. The standard InChI is InChI=1S/C11H15NO2/c1-8(12)10-6-4-3-5-9(10)7-11(13)14-2/h3-6,8H,7,12H2,1-2H3. The van der Waals surface area contributed by atoms with Gasteiger partial charge >= 0.3 is 5.97 Å². The zero-order valence-electron chi connectivity index (χ0n) is 8.49. The molecule has 0 aliphatic heterocycles. The topological polar surface area (TPSA) is 52.3 Å². The van der Waals surface area contributed by atoms with Gasteiger partial charge in [0.15, 0.2) is 0 Å². The molecular formula is C11H15NO2. The lowest BCUT2D eigenvalue weighted by Gasteiger charge is -2.11. The van der Waals surface area contributed by atoms with E-state index in [9.17, 15) is 4.79 Å². The van der Waals surface area contributed by atoms with Crippen LogP contribution in [0.15, 0.2) is 24.3 Å². The molecule has 1 atom stereocenters. The van der Waals surface area contributed by atoms with Crippen molar-refractivity contribution in [2.75, 3.05) is 7.11 Å². The summed E-state index contributed by atoms with van der Waals surface area (Å²) < 4.78 is 4.61. The molecule has 0 aliphatic carbocycles. The van der Waals surface area contributed by atoms with Gasteiger partial charge in [0.25, 0.3) is 0 Å². The van der Waals surface area contributed by atoms with Gasteiger partial charge < -0.3 is 10.5 Å². The van der Waals surface area contributed by atoms with Crippen molar-refractivity contribution in [2.24, 2.45) is 5.73 Å². The highest BCUT2D eigenvalue weighted by atomic mass is 16.5. The van der Waals surface area contributed by atoms with Gasteiger partial charge in [-0.2, -0.15) is 0 Å². The van der Waals surface area contributed by atoms with Gasteiger partial charge in [-0.15, -0.1) is 0 Å². The largest absolute Gasteiger partial charge is 0.469 e. The summed E-state index contributed by atoms with van der Waals surface area (Å²) >= 11 is 0. The van der Waals surface area contributed by atoms with Gasteiger partial charge in [0.2, 0.25) is 0 Å². The number of ether oxygens (including phenoxy) is 1. The summed E-state index contributed by atoms with van der Waals surface area (Å²) in [6.45, 7) is 1.90. The third kappa shape index (κ3) is 2.57. The number of esters is 1. The molecule has 0 amide bonds. The van der Waals surface area contributed by atoms with Crippen LogP contribution in [0.5, 0.6) is 0 Å². The second-order valence-corrected chi connectivity index (χ2v) is 3.24. The SMILES string of the molecule is COC(=O)Cc1ccccc1C(C)N. The lowest BCUT2D eigenvalue weighted by Crippen LogP contribution is -2.12. The molecule has 0 fully saturated rings. The molecule has 0 saturated carbocycles. The second-order valence-electron chi connectivity index (χ2n) is 3.24. The molecule has 3 heteroatoms. The number of carbonyl (C=O) groups is 1. The third-order valence-corrected chi connectivity index (χ3v) is 2.11. The molecule has 0 aliphatic rings. The van der Waals surface area contributed by atoms with Crippen LogP contribution in [0.3, 0.4) is 0 Å². The van der Waals surface area contributed by atoms with Crippen molar-refractivity contribution < 1.29 is 9.53 Å². The lowest BCUT2D eigenvalue weighted by molar-refractivity contribution is -0.139. The van der Waals surface area contributed by atoms with Gasteiger partial charge in [0.1, 0.15) is 0 Å². The predicted molar refractivity (Wildman–Crippen MR) is 54.8 cm³/mol. The maximum Gasteiger partial charge on any atom is 0.309 e. The number of hydrogen-bond acceptors (Lipinski definition) is 3. The zero-order chi connectivity index (χ0) is 10.6. The highest BCUT2D eigenvalue weighted by molar-refractivity contribution is 5.72. The molecule has 2 N–H and O–H groups in total. The van der Waals surface area contributed by atoms with Crippen LogP contribution >= 0.6 is 0 Å². The Morgan fingerprint density at radius 1 is 1.50 bits per heavy atom. The Kier molecular flexibility index (Phi) is 3.65. The number of carbonyl (C=O) groups excluding carboxylic acids is 1. The Labute approximate surface area is 83.9 Å². The molecule has 0 heterocycles. The molecule has 0 aromatic heterocycles. The second kappa shape index (κ2) is 4.77. The molecule has 1 rings (SSSR count). The molecule has 3 nitrogen and oxygen atoms in total. The lowest BCUT2D eigenvalue weighted by atomic mass is 10.00. The maximum absolute atomic E-state index is 11.1. The molecule has 76 valence electrons. The summed E-state index contributed by atoms with van der Waals surface area (Å²) in [6.07, 6.45) is 0.286. The summed E-state index contributed by atoms with van der Waals surface area (Å²) in [5.74, 6) is -0.238. The maximum atomic E-state index is 11.1. The first-order valence-corrected chi connectivity index (χ1v) is 4.55. The van der Waals surface area contributed by atoms with Crippen molar-refractivity contribution in [3.05, 3.63) is 35.4 Å². The Morgan fingerprint density at radius 3 is 2.71 bits per heavy atom. The van der Waals surface area contributed by atoms with Crippen LogP contribution in [-0.2, 0) is 16.0 Å². The Bertz CT molecular complexity index is 321. The Morgan fingerprint density at radius 2 is 2.14 bits per heavy atom.